The van der Waals surface area contributed by atoms with Crippen molar-refractivity contribution < 1.29 is 4.79 Å². The normalized spacial score (nSPS) is 10.3. The van der Waals surface area contributed by atoms with E-state index in [1.54, 1.807) is 0 Å². The van der Waals surface area contributed by atoms with Gasteiger partial charge in [-0.2, -0.15) is 0 Å². The van der Waals surface area contributed by atoms with Crippen molar-refractivity contribution in [3.05, 3.63) is 41.7 Å². The third-order valence-corrected chi connectivity index (χ3v) is 3.50. The summed E-state index contributed by atoms with van der Waals surface area (Å²) in [6, 6.07) is 9.64. The predicted octanol–water partition coefficient (Wildman–Crippen LogP) is 3.59. The molecule has 0 aliphatic heterocycles. The first-order chi connectivity index (χ1) is 9.56. The van der Waals surface area contributed by atoms with Gasteiger partial charge < -0.3 is 5.32 Å². The van der Waals surface area contributed by atoms with Crippen LogP contribution in [0.2, 0.25) is 0 Å². The molecule has 0 atom stereocenters. The minimum atomic E-state index is 0.0167. The fourth-order valence-electron chi connectivity index (χ4n) is 1.70. The molecule has 0 saturated heterocycles. The number of carbonyl (C=O) groups excluding carboxylic acids is 1. The molecule has 1 aromatic heterocycles. The van der Waals surface area contributed by atoms with E-state index in [2.05, 4.69) is 15.3 Å². The standard InChI is InChI=1S/C15H17N3OS/c1-4-14(19)18-12-5-7-13(8-6-12)20-15-16-10(2)9-11(3)17-15/h5-9H,4H2,1-3H3,(H,18,19). The lowest BCUT2D eigenvalue weighted by atomic mass is 10.3. The molecule has 104 valence electrons. The molecule has 0 radical (unpaired) electrons. The zero-order valence-electron chi connectivity index (χ0n) is 11.8. The van der Waals surface area contributed by atoms with Crippen molar-refractivity contribution in [2.45, 2.75) is 37.2 Å². The van der Waals surface area contributed by atoms with E-state index in [0.29, 0.717) is 6.42 Å². The monoisotopic (exact) mass is 287 g/mol. The quantitative estimate of drug-likeness (QED) is 0.873. The Kier molecular flexibility index (Phi) is 4.74. The Morgan fingerprint density at radius 1 is 1.15 bits per heavy atom. The van der Waals surface area contributed by atoms with Crippen LogP contribution in [-0.2, 0) is 4.79 Å². The summed E-state index contributed by atoms with van der Waals surface area (Å²) in [5.74, 6) is 0.0167. The van der Waals surface area contributed by atoms with Crippen LogP contribution in [0.1, 0.15) is 24.7 Å². The van der Waals surface area contributed by atoms with E-state index < -0.39 is 0 Å². The highest BCUT2D eigenvalue weighted by molar-refractivity contribution is 7.99. The molecular formula is C15H17N3OS. The molecule has 0 spiro atoms. The molecule has 1 heterocycles. The van der Waals surface area contributed by atoms with Crippen molar-refractivity contribution in [3.63, 3.8) is 0 Å². The molecule has 1 N–H and O–H groups in total. The van der Waals surface area contributed by atoms with E-state index >= 15 is 0 Å². The molecule has 20 heavy (non-hydrogen) atoms. The average molecular weight is 287 g/mol. The number of anilines is 1. The van der Waals surface area contributed by atoms with E-state index in [4.69, 9.17) is 0 Å². The van der Waals surface area contributed by atoms with Gasteiger partial charge in [-0.25, -0.2) is 9.97 Å². The Morgan fingerprint density at radius 3 is 2.30 bits per heavy atom. The summed E-state index contributed by atoms with van der Waals surface area (Å²) >= 11 is 1.51. The van der Waals surface area contributed by atoms with E-state index in [1.165, 1.54) is 11.8 Å². The highest BCUT2D eigenvalue weighted by Gasteiger charge is 2.04. The van der Waals surface area contributed by atoms with Crippen molar-refractivity contribution >= 4 is 23.4 Å². The molecular weight excluding hydrogens is 270 g/mol. The molecule has 0 aliphatic carbocycles. The van der Waals surface area contributed by atoms with Gasteiger partial charge in [0.2, 0.25) is 5.91 Å². The van der Waals surface area contributed by atoms with Crippen molar-refractivity contribution in [1.82, 2.24) is 9.97 Å². The number of nitrogens with zero attached hydrogens (tertiary/aromatic N) is 2. The third-order valence-electron chi connectivity index (χ3n) is 2.63. The van der Waals surface area contributed by atoms with Gasteiger partial charge in [0.1, 0.15) is 0 Å². The molecule has 4 nitrogen and oxygen atoms in total. The number of hydrogen-bond acceptors (Lipinski definition) is 4. The summed E-state index contributed by atoms with van der Waals surface area (Å²) in [6.07, 6.45) is 0.479. The topological polar surface area (TPSA) is 54.9 Å². The number of aromatic nitrogens is 2. The Hall–Kier alpha value is -1.88. The van der Waals surface area contributed by atoms with Gasteiger partial charge in [0.25, 0.3) is 0 Å². The minimum absolute atomic E-state index is 0.0167. The number of amides is 1. The molecule has 0 unspecified atom stereocenters. The summed E-state index contributed by atoms with van der Waals surface area (Å²) in [5, 5.41) is 3.56. The number of hydrogen-bond donors (Lipinski definition) is 1. The smallest absolute Gasteiger partial charge is 0.224 e. The van der Waals surface area contributed by atoms with Gasteiger partial charge in [-0.05, 0) is 55.9 Å². The van der Waals surface area contributed by atoms with Gasteiger partial charge in [-0.15, -0.1) is 0 Å². The largest absolute Gasteiger partial charge is 0.326 e. The molecule has 0 aliphatic rings. The van der Waals surface area contributed by atoms with Gasteiger partial charge in [0, 0.05) is 28.4 Å². The minimum Gasteiger partial charge on any atom is -0.326 e. The van der Waals surface area contributed by atoms with Crippen molar-refractivity contribution in [3.8, 4) is 0 Å². The summed E-state index contributed by atoms with van der Waals surface area (Å²) in [5.41, 5.74) is 2.74. The molecule has 0 saturated carbocycles. The van der Waals surface area contributed by atoms with Gasteiger partial charge in [0.05, 0.1) is 0 Å². The van der Waals surface area contributed by atoms with E-state index in [0.717, 1.165) is 27.1 Å². The van der Waals surface area contributed by atoms with Crippen LogP contribution in [0, 0.1) is 13.8 Å². The van der Waals surface area contributed by atoms with Crippen LogP contribution in [0.15, 0.2) is 40.4 Å². The maximum atomic E-state index is 11.3. The van der Waals surface area contributed by atoms with E-state index in [-0.39, 0.29) is 5.91 Å². The third kappa shape index (κ3) is 4.06. The average Bonchev–Trinajstić information content (AvgIpc) is 2.39. The number of nitrogens with one attached hydrogen (secondary N) is 1. The first-order valence-electron chi connectivity index (χ1n) is 6.47. The van der Waals surface area contributed by atoms with Crippen LogP contribution in [-0.4, -0.2) is 15.9 Å². The van der Waals surface area contributed by atoms with Gasteiger partial charge in [-0.3, -0.25) is 4.79 Å². The Bertz CT molecular complexity index is 591. The number of carbonyl (C=O) groups is 1. The van der Waals surface area contributed by atoms with Crippen LogP contribution in [0.3, 0.4) is 0 Å². The SMILES string of the molecule is CCC(=O)Nc1ccc(Sc2nc(C)cc(C)n2)cc1. The van der Waals surface area contributed by atoms with Gasteiger partial charge in [-0.1, -0.05) is 6.92 Å². The fraction of sp³-hybridized carbons (Fsp3) is 0.267. The van der Waals surface area contributed by atoms with Crippen molar-refractivity contribution in [2.24, 2.45) is 0 Å². The number of rotatable bonds is 4. The highest BCUT2D eigenvalue weighted by Crippen LogP contribution is 2.26. The number of aryl methyl sites for hydroxylation is 2. The lowest BCUT2D eigenvalue weighted by molar-refractivity contribution is -0.115. The van der Waals surface area contributed by atoms with Crippen LogP contribution >= 0.6 is 11.8 Å². The molecule has 5 heteroatoms. The predicted molar refractivity (Wildman–Crippen MR) is 81.0 cm³/mol. The number of benzene rings is 1. The molecule has 2 rings (SSSR count). The van der Waals surface area contributed by atoms with Crippen molar-refractivity contribution in [2.75, 3.05) is 5.32 Å². The Labute approximate surface area is 123 Å². The highest BCUT2D eigenvalue weighted by atomic mass is 32.2. The van der Waals surface area contributed by atoms with Crippen LogP contribution < -0.4 is 5.32 Å². The maximum Gasteiger partial charge on any atom is 0.224 e. The van der Waals surface area contributed by atoms with Crippen LogP contribution in [0.25, 0.3) is 0 Å². The summed E-state index contributed by atoms with van der Waals surface area (Å²) in [6.45, 7) is 5.75. The Morgan fingerprint density at radius 2 is 1.75 bits per heavy atom. The summed E-state index contributed by atoms with van der Waals surface area (Å²) in [4.78, 5) is 21.1. The van der Waals surface area contributed by atoms with Crippen LogP contribution in [0.5, 0.6) is 0 Å². The first-order valence-corrected chi connectivity index (χ1v) is 7.28. The lowest BCUT2D eigenvalue weighted by Crippen LogP contribution is -2.08. The summed E-state index contributed by atoms with van der Waals surface area (Å²) in [7, 11) is 0. The van der Waals surface area contributed by atoms with Gasteiger partial charge in [0.15, 0.2) is 5.16 Å². The van der Waals surface area contributed by atoms with Gasteiger partial charge >= 0.3 is 0 Å². The maximum absolute atomic E-state index is 11.3. The second kappa shape index (κ2) is 6.52. The lowest BCUT2D eigenvalue weighted by Gasteiger charge is -2.05. The molecule has 1 amide bonds. The Balaban J connectivity index is 2.08. The fourth-order valence-corrected chi connectivity index (χ4v) is 2.56. The zero-order chi connectivity index (χ0) is 14.5. The molecule has 0 bridgehead atoms. The van der Waals surface area contributed by atoms with E-state index in [9.17, 15) is 4.79 Å². The van der Waals surface area contributed by atoms with Crippen LogP contribution in [0.4, 0.5) is 5.69 Å². The molecule has 2 aromatic rings. The second-order valence-electron chi connectivity index (χ2n) is 4.46. The molecule has 1 aromatic carbocycles. The van der Waals surface area contributed by atoms with E-state index in [1.807, 2.05) is 51.1 Å². The molecule has 0 fully saturated rings. The zero-order valence-corrected chi connectivity index (χ0v) is 12.6. The second-order valence-corrected chi connectivity index (χ2v) is 5.50. The summed E-state index contributed by atoms with van der Waals surface area (Å²) < 4.78 is 0. The first kappa shape index (κ1) is 14.5. The van der Waals surface area contributed by atoms with Crippen molar-refractivity contribution in [1.29, 1.82) is 0 Å².